The van der Waals surface area contributed by atoms with Gasteiger partial charge in [0.2, 0.25) is 0 Å². The van der Waals surface area contributed by atoms with E-state index in [-0.39, 0.29) is 6.61 Å². The third-order valence-electron chi connectivity index (χ3n) is 5.50. The Bertz CT molecular complexity index is 1070. The molecule has 3 aliphatic heterocycles. The molecule has 0 radical (unpaired) electrons. The second-order valence-electron chi connectivity index (χ2n) is 7.82. The molecule has 148 valence electrons. The maximum absolute atomic E-state index is 9.52. The van der Waals surface area contributed by atoms with E-state index in [2.05, 4.69) is 26.4 Å². The summed E-state index contributed by atoms with van der Waals surface area (Å²) in [7, 11) is 0. The van der Waals surface area contributed by atoms with Crippen LogP contribution in [0.25, 0.3) is 16.6 Å². The first-order chi connectivity index (χ1) is 14.1. The van der Waals surface area contributed by atoms with Crippen molar-refractivity contribution in [3.8, 4) is 22.9 Å². The number of anilines is 1. The van der Waals surface area contributed by atoms with Gasteiger partial charge in [0.25, 0.3) is 0 Å². The predicted octanol–water partition coefficient (Wildman–Crippen LogP) is 1.58. The third kappa shape index (κ3) is 3.28. The molecule has 0 spiro atoms. The van der Waals surface area contributed by atoms with Gasteiger partial charge in [-0.15, -0.1) is 0 Å². The molecule has 3 aromatic rings. The van der Waals surface area contributed by atoms with Gasteiger partial charge < -0.3 is 20.1 Å². The average molecular weight is 390 g/mol. The van der Waals surface area contributed by atoms with Gasteiger partial charge in [0.15, 0.2) is 0 Å². The average Bonchev–Trinajstić information content (AvgIpc) is 3.14. The number of piperazine rings is 1. The standard InChI is InChI=1S/C21H22N6O2/c1-13(28)12-29-18-5-19(21-15(6-22)8-24-27(21)11-18)14-2-3-20(23-7-14)26-9-16-4-17(10-26)25-16/h2-3,5,7-8,11,13,16-17,25,28H,4,9-10,12H2,1H3/t13-,16?,17?/m0/s1. The van der Waals surface area contributed by atoms with E-state index in [0.717, 1.165) is 35.6 Å². The van der Waals surface area contributed by atoms with Gasteiger partial charge in [0.1, 0.15) is 24.2 Å². The normalized spacial score (nSPS) is 21.5. The molecule has 0 saturated carbocycles. The van der Waals surface area contributed by atoms with E-state index in [1.54, 1.807) is 23.8 Å². The van der Waals surface area contributed by atoms with Crippen LogP contribution in [0.2, 0.25) is 0 Å². The minimum atomic E-state index is -0.576. The number of nitrogens with one attached hydrogen (secondary N) is 1. The molecule has 0 aromatic carbocycles. The van der Waals surface area contributed by atoms with Crippen LogP contribution in [0.5, 0.6) is 5.75 Å². The van der Waals surface area contributed by atoms with Crippen molar-refractivity contribution in [3.05, 3.63) is 42.4 Å². The highest BCUT2D eigenvalue weighted by Gasteiger charge is 2.36. The van der Waals surface area contributed by atoms with Crippen molar-refractivity contribution in [3.63, 3.8) is 0 Å². The molecule has 3 saturated heterocycles. The first-order valence-electron chi connectivity index (χ1n) is 9.80. The summed E-state index contributed by atoms with van der Waals surface area (Å²) >= 11 is 0. The van der Waals surface area contributed by atoms with Gasteiger partial charge in [-0.3, -0.25) is 0 Å². The van der Waals surface area contributed by atoms with Gasteiger partial charge in [-0.1, -0.05) is 0 Å². The van der Waals surface area contributed by atoms with E-state index in [1.807, 2.05) is 24.4 Å². The van der Waals surface area contributed by atoms with Crippen molar-refractivity contribution >= 4 is 11.3 Å². The Hall–Kier alpha value is -3.15. The fourth-order valence-electron chi connectivity index (χ4n) is 4.13. The summed E-state index contributed by atoms with van der Waals surface area (Å²) in [6, 6.07) is 9.27. The summed E-state index contributed by atoms with van der Waals surface area (Å²) in [6.07, 6.45) is 5.78. The zero-order chi connectivity index (χ0) is 20.0. The molecule has 2 unspecified atom stereocenters. The molecule has 3 atom stereocenters. The molecule has 6 rings (SSSR count). The number of piperidine rings is 1. The third-order valence-corrected chi connectivity index (χ3v) is 5.50. The van der Waals surface area contributed by atoms with Gasteiger partial charge in [0.05, 0.1) is 29.6 Å². The Balaban J connectivity index is 1.50. The van der Waals surface area contributed by atoms with Crippen molar-refractivity contribution in [2.24, 2.45) is 0 Å². The number of aliphatic hydroxyl groups excluding tert-OH is 1. The smallest absolute Gasteiger partial charge is 0.138 e. The Morgan fingerprint density at radius 1 is 1.34 bits per heavy atom. The number of aliphatic hydroxyl groups is 1. The lowest BCUT2D eigenvalue weighted by Crippen LogP contribution is -2.67. The lowest BCUT2D eigenvalue weighted by atomic mass is 9.91. The summed E-state index contributed by atoms with van der Waals surface area (Å²) in [5.41, 5.74) is 2.92. The fraction of sp³-hybridized carbons (Fsp3) is 0.381. The summed E-state index contributed by atoms with van der Waals surface area (Å²) in [5.74, 6) is 1.55. The Kier molecular flexibility index (Phi) is 4.34. The predicted molar refractivity (Wildman–Crippen MR) is 108 cm³/mol. The number of aromatic nitrogens is 3. The number of pyridine rings is 2. The molecule has 29 heavy (non-hydrogen) atoms. The molecular formula is C21H22N6O2. The minimum absolute atomic E-state index is 0.180. The lowest BCUT2D eigenvalue weighted by Gasteiger charge is -2.48. The van der Waals surface area contributed by atoms with Crippen LogP contribution in [0.15, 0.2) is 36.8 Å². The summed E-state index contributed by atoms with van der Waals surface area (Å²) < 4.78 is 7.33. The van der Waals surface area contributed by atoms with Crippen molar-refractivity contribution < 1.29 is 9.84 Å². The maximum atomic E-state index is 9.52. The maximum Gasteiger partial charge on any atom is 0.138 e. The number of fused-ring (bicyclic) bond motifs is 3. The van der Waals surface area contributed by atoms with Crippen LogP contribution in [0.4, 0.5) is 5.82 Å². The first-order valence-corrected chi connectivity index (χ1v) is 9.80. The lowest BCUT2D eigenvalue weighted by molar-refractivity contribution is 0.122. The minimum Gasteiger partial charge on any atom is -0.489 e. The zero-order valence-corrected chi connectivity index (χ0v) is 16.1. The molecular weight excluding hydrogens is 368 g/mol. The molecule has 0 amide bonds. The van der Waals surface area contributed by atoms with Crippen LogP contribution >= 0.6 is 0 Å². The number of ether oxygens (including phenoxy) is 1. The topological polar surface area (TPSA) is 98.7 Å². The van der Waals surface area contributed by atoms with E-state index in [0.29, 0.717) is 23.4 Å². The van der Waals surface area contributed by atoms with Gasteiger partial charge >= 0.3 is 0 Å². The highest BCUT2D eigenvalue weighted by molar-refractivity contribution is 5.85. The van der Waals surface area contributed by atoms with Gasteiger partial charge in [-0.2, -0.15) is 10.4 Å². The molecule has 6 heterocycles. The van der Waals surface area contributed by atoms with Crippen LogP contribution in [0, 0.1) is 11.3 Å². The summed E-state index contributed by atoms with van der Waals surface area (Å²) in [5, 5.41) is 26.8. The van der Waals surface area contributed by atoms with E-state index < -0.39 is 6.10 Å². The number of rotatable bonds is 5. The number of nitriles is 1. The molecule has 8 heteroatoms. The van der Waals surface area contributed by atoms with Crippen molar-refractivity contribution in [2.45, 2.75) is 31.5 Å². The van der Waals surface area contributed by atoms with Gasteiger partial charge in [-0.05, 0) is 31.5 Å². The van der Waals surface area contributed by atoms with Crippen molar-refractivity contribution in [1.82, 2.24) is 19.9 Å². The number of hydrogen-bond acceptors (Lipinski definition) is 7. The molecule has 2 N–H and O–H groups in total. The summed E-state index contributed by atoms with van der Waals surface area (Å²) in [6.45, 7) is 3.82. The zero-order valence-electron chi connectivity index (χ0n) is 16.1. The Morgan fingerprint density at radius 2 is 2.14 bits per heavy atom. The van der Waals surface area contributed by atoms with E-state index >= 15 is 0 Å². The van der Waals surface area contributed by atoms with Crippen LogP contribution < -0.4 is 15.0 Å². The SMILES string of the molecule is C[C@H](O)COc1cc(-c2ccc(N3CC4CC(C3)N4)nc2)c2c(C#N)cnn2c1. The molecule has 8 nitrogen and oxygen atoms in total. The van der Waals surface area contributed by atoms with E-state index in [1.165, 1.54) is 6.42 Å². The van der Waals surface area contributed by atoms with E-state index in [4.69, 9.17) is 4.74 Å². The van der Waals surface area contributed by atoms with Crippen LogP contribution in [0.1, 0.15) is 18.9 Å². The van der Waals surface area contributed by atoms with Crippen molar-refractivity contribution in [2.75, 3.05) is 24.6 Å². The largest absolute Gasteiger partial charge is 0.489 e. The fourth-order valence-corrected chi connectivity index (χ4v) is 4.13. The number of hydrogen-bond donors (Lipinski definition) is 2. The van der Waals surface area contributed by atoms with Crippen LogP contribution in [-0.2, 0) is 0 Å². The first kappa shape index (κ1) is 17.9. The number of nitrogens with zero attached hydrogens (tertiary/aromatic N) is 5. The highest BCUT2D eigenvalue weighted by atomic mass is 16.5. The molecule has 0 aliphatic carbocycles. The van der Waals surface area contributed by atoms with Crippen LogP contribution in [-0.4, -0.2) is 57.6 Å². The second kappa shape index (κ2) is 7.03. The molecule has 3 aliphatic rings. The molecule has 2 bridgehead atoms. The van der Waals surface area contributed by atoms with Gasteiger partial charge in [0, 0.05) is 42.5 Å². The molecule has 3 fully saturated rings. The molecule has 3 aromatic heterocycles. The van der Waals surface area contributed by atoms with Crippen LogP contribution in [0.3, 0.4) is 0 Å². The quantitative estimate of drug-likeness (QED) is 0.682. The second-order valence-corrected chi connectivity index (χ2v) is 7.82. The van der Waals surface area contributed by atoms with E-state index in [9.17, 15) is 10.4 Å². The summed E-state index contributed by atoms with van der Waals surface area (Å²) in [4.78, 5) is 7.00. The highest BCUT2D eigenvalue weighted by Crippen LogP contribution is 2.32. The van der Waals surface area contributed by atoms with Crippen molar-refractivity contribution in [1.29, 1.82) is 5.26 Å². The monoisotopic (exact) mass is 390 g/mol. The van der Waals surface area contributed by atoms with Gasteiger partial charge in [-0.25, -0.2) is 9.50 Å². The Labute approximate surface area is 168 Å². The Morgan fingerprint density at radius 3 is 2.79 bits per heavy atom.